The fraction of sp³-hybridized carbons (Fsp3) is 0.588. The summed E-state index contributed by atoms with van der Waals surface area (Å²) in [6.45, 7) is 4.20. The summed E-state index contributed by atoms with van der Waals surface area (Å²) in [7, 11) is 0. The van der Waals surface area contributed by atoms with Gasteiger partial charge in [0.2, 0.25) is 0 Å². The van der Waals surface area contributed by atoms with Crippen LogP contribution in [0.5, 0.6) is 5.75 Å². The molecule has 2 aliphatic heterocycles. The molecule has 1 aromatic rings. The number of carbonyl (C=O) groups excluding carboxylic acids is 1. The van der Waals surface area contributed by atoms with Crippen molar-refractivity contribution in [1.29, 1.82) is 0 Å². The minimum Gasteiger partial charge on any atom is -0.486 e. The van der Waals surface area contributed by atoms with Gasteiger partial charge in [0.25, 0.3) is 5.91 Å². The van der Waals surface area contributed by atoms with E-state index in [0.29, 0.717) is 19.7 Å². The Morgan fingerprint density at radius 1 is 1.33 bits per heavy atom. The predicted octanol–water partition coefficient (Wildman–Crippen LogP) is 2.41. The largest absolute Gasteiger partial charge is 0.486 e. The van der Waals surface area contributed by atoms with Gasteiger partial charge in [-0.15, -0.1) is 0 Å². The van der Waals surface area contributed by atoms with Crippen LogP contribution in [0.25, 0.3) is 0 Å². The van der Waals surface area contributed by atoms with E-state index in [1.54, 1.807) is 0 Å². The fourth-order valence-corrected chi connectivity index (χ4v) is 2.92. The summed E-state index contributed by atoms with van der Waals surface area (Å²) in [5.41, 5.74) is 1.22. The third-order valence-electron chi connectivity index (χ3n) is 4.26. The number of hydrogen-bond acceptors (Lipinski definition) is 3. The zero-order valence-electron chi connectivity index (χ0n) is 12.6. The van der Waals surface area contributed by atoms with Crippen LogP contribution in [0, 0.1) is 0 Å². The molecular weight excluding hydrogens is 266 g/mol. The van der Waals surface area contributed by atoms with Gasteiger partial charge < -0.3 is 14.4 Å². The highest BCUT2D eigenvalue weighted by molar-refractivity contribution is 5.81. The zero-order chi connectivity index (χ0) is 14.7. The number of rotatable bonds is 4. The van der Waals surface area contributed by atoms with Gasteiger partial charge in [0.05, 0.1) is 13.1 Å². The van der Waals surface area contributed by atoms with Crippen LogP contribution in [0.4, 0.5) is 0 Å². The molecule has 1 atom stereocenters. The molecule has 0 spiro atoms. The Hall–Kier alpha value is -1.55. The average molecular weight is 289 g/mol. The van der Waals surface area contributed by atoms with Crippen molar-refractivity contribution in [3.63, 3.8) is 0 Å². The molecule has 0 N–H and O–H groups in total. The molecule has 0 saturated carbocycles. The van der Waals surface area contributed by atoms with Crippen LogP contribution < -0.4 is 4.74 Å². The summed E-state index contributed by atoms with van der Waals surface area (Å²) >= 11 is 0. The first-order chi connectivity index (χ1) is 10.3. The summed E-state index contributed by atoms with van der Waals surface area (Å²) < 4.78 is 11.6. The van der Waals surface area contributed by atoms with Gasteiger partial charge in [0, 0.05) is 6.61 Å². The number of benzene rings is 1. The van der Waals surface area contributed by atoms with E-state index in [1.165, 1.54) is 5.56 Å². The molecule has 0 aromatic heterocycles. The Morgan fingerprint density at radius 3 is 2.86 bits per heavy atom. The molecule has 4 heteroatoms. The number of hydrogen-bond donors (Lipinski definition) is 0. The Balaban J connectivity index is 1.50. The Bertz CT molecular complexity index is 491. The van der Waals surface area contributed by atoms with E-state index in [9.17, 15) is 4.79 Å². The smallest absolute Gasteiger partial charge is 0.251 e. The lowest BCUT2D eigenvalue weighted by Gasteiger charge is -2.41. The van der Waals surface area contributed by atoms with Gasteiger partial charge >= 0.3 is 0 Å². The summed E-state index contributed by atoms with van der Waals surface area (Å²) in [5.74, 6) is 1.09. The lowest BCUT2D eigenvalue weighted by molar-refractivity contribution is -0.155. The Morgan fingerprint density at radius 2 is 2.14 bits per heavy atom. The van der Waals surface area contributed by atoms with Crippen LogP contribution in [-0.4, -0.2) is 42.7 Å². The number of nitrogens with zero attached hydrogens (tertiary/aromatic N) is 1. The van der Waals surface area contributed by atoms with E-state index in [4.69, 9.17) is 9.47 Å². The number of amides is 1. The van der Waals surface area contributed by atoms with Crippen molar-refractivity contribution in [1.82, 2.24) is 4.90 Å². The van der Waals surface area contributed by atoms with Crippen molar-refractivity contribution in [2.45, 2.75) is 44.8 Å². The molecule has 0 bridgehead atoms. The van der Waals surface area contributed by atoms with Crippen molar-refractivity contribution < 1.29 is 14.3 Å². The molecule has 114 valence electrons. The van der Waals surface area contributed by atoms with Crippen molar-refractivity contribution in [2.75, 3.05) is 19.7 Å². The van der Waals surface area contributed by atoms with Gasteiger partial charge in [0.1, 0.15) is 18.0 Å². The Kier molecular flexibility index (Phi) is 4.44. The van der Waals surface area contributed by atoms with E-state index in [1.807, 2.05) is 23.1 Å². The van der Waals surface area contributed by atoms with Gasteiger partial charge in [-0.2, -0.15) is 0 Å². The molecule has 0 unspecified atom stereocenters. The first-order valence-electron chi connectivity index (χ1n) is 7.93. The zero-order valence-corrected chi connectivity index (χ0v) is 12.6. The van der Waals surface area contributed by atoms with E-state index in [2.05, 4.69) is 13.0 Å². The first-order valence-corrected chi connectivity index (χ1v) is 7.93. The summed E-state index contributed by atoms with van der Waals surface area (Å²) in [5, 5.41) is 0. The van der Waals surface area contributed by atoms with Crippen LogP contribution in [0.15, 0.2) is 24.3 Å². The van der Waals surface area contributed by atoms with Crippen LogP contribution >= 0.6 is 0 Å². The molecule has 2 fully saturated rings. The highest BCUT2D eigenvalue weighted by atomic mass is 16.5. The summed E-state index contributed by atoms with van der Waals surface area (Å²) in [4.78, 5) is 14.1. The normalized spacial score (nSPS) is 22.7. The number of ether oxygens (including phenoxy) is 2. The first kappa shape index (κ1) is 14.4. The molecule has 2 aliphatic rings. The van der Waals surface area contributed by atoms with E-state index in [-0.39, 0.29) is 18.1 Å². The standard InChI is InChI=1S/C17H23NO3/c1-2-13-7-3-4-8-15(13)21-14-11-18(12-14)17(19)16-9-5-6-10-20-16/h3-4,7-8,14,16H,2,5-6,9-12H2,1H3/t16-/m0/s1. The van der Waals surface area contributed by atoms with Crippen LogP contribution in [0.2, 0.25) is 0 Å². The van der Waals surface area contributed by atoms with Crippen molar-refractivity contribution in [2.24, 2.45) is 0 Å². The highest BCUT2D eigenvalue weighted by Gasteiger charge is 2.36. The molecule has 0 aliphatic carbocycles. The van der Waals surface area contributed by atoms with Gasteiger partial charge in [-0.1, -0.05) is 25.1 Å². The third kappa shape index (κ3) is 3.21. The number of aryl methyl sites for hydroxylation is 1. The molecule has 21 heavy (non-hydrogen) atoms. The van der Waals surface area contributed by atoms with Crippen LogP contribution in [0.3, 0.4) is 0 Å². The maximum atomic E-state index is 12.2. The van der Waals surface area contributed by atoms with Gasteiger partial charge in [0.15, 0.2) is 0 Å². The van der Waals surface area contributed by atoms with E-state index in [0.717, 1.165) is 31.4 Å². The van der Waals surface area contributed by atoms with E-state index >= 15 is 0 Å². The monoisotopic (exact) mass is 289 g/mol. The number of carbonyl (C=O) groups is 1. The second-order valence-corrected chi connectivity index (χ2v) is 5.80. The quantitative estimate of drug-likeness (QED) is 0.854. The summed E-state index contributed by atoms with van der Waals surface area (Å²) in [6.07, 6.45) is 3.88. The predicted molar refractivity (Wildman–Crippen MR) is 80.4 cm³/mol. The van der Waals surface area contributed by atoms with Crippen molar-refractivity contribution in [3.05, 3.63) is 29.8 Å². The second kappa shape index (κ2) is 6.48. The van der Waals surface area contributed by atoms with Gasteiger partial charge in [-0.3, -0.25) is 4.79 Å². The molecule has 2 saturated heterocycles. The topological polar surface area (TPSA) is 38.8 Å². The van der Waals surface area contributed by atoms with Crippen molar-refractivity contribution >= 4 is 5.91 Å². The van der Waals surface area contributed by atoms with Crippen molar-refractivity contribution in [3.8, 4) is 5.75 Å². The minimum absolute atomic E-state index is 0.116. The molecule has 4 nitrogen and oxygen atoms in total. The molecule has 3 rings (SSSR count). The van der Waals surface area contributed by atoms with E-state index < -0.39 is 0 Å². The van der Waals surface area contributed by atoms with Gasteiger partial charge in [-0.05, 0) is 37.3 Å². The van der Waals surface area contributed by atoms with Crippen LogP contribution in [0.1, 0.15) is 31.7 Å². The van der Waals surface area contributed by atoms with Gasteiger partial charge in [-0.25, -0.2) is 0 Å². The maximum Gasteiger partial charge on any atom is 0.251 e. The molecule has 1 amide bonds. The maximum absolute atomic E-state index is 12.2. The fourth-order valence-electron chi connectivity index (χ4n) is 2.92. The lowest BCUT2D eigenvalue weighted by Crippen LogP contribution is -2.59. The molecule has 0 radical (unpaired) electrons. The number of likely N-dealkylation sites (tertiary alicyclic amines) is 1. The molecule has 2 heterocycles. The minimum atomic E-state index is -0.220. The molecule has 1 aromatic carbocycles. The Labute approximate surface area is 126 Å². The average Bonchev–Trinajstić information content (AvgIpc) is 2.51. The summed E-state index contributed by atoms with van der Waals surface area (Å²) in [6, 6.07) is 8.12. The second-order valence-electron chi connectivity index (χ2n) is 5.80. The third-order valence-corrected chi connectivity index (χ3v) is 4.26. The number of para-hydroxylation sites is 1. The SMILES string of the molecule is CCc1ccccc1OC1CN(C(=O)[C@@H]2CCCCO2)C1. The highest BCUT2D eigenvalue weighted by Crippen LogP contribution is 2.24. The molecular formula is C17H23NO3. The lowest BCUT2D eigenvalue weighted by atomic mass is 10.0. The van der Waals surface area contributed by atoms with Crippen LogP contribution in [-0.2, 0) is 16.0 Å².